The van der Waals surface area contributed by atoms with E-state index in [2.05, 4.69) is 4.72 Å². The lowest BCUT2D eigenvalue weighted by molar-refractivity contribution is -0.384. The van der Waals surface area contributed by atoms with E-state index in [4.69, 9.17) is 0 Å². The minimum Gasteiger partial charge on any atom is -0.363 e. The predicted octanol–water partition coefficient (Wildman–Crippen LogP) is 2.66. The Bertz CT molecular complexity index is 688. The first-order valence-corrected chi connectivity index (χ1v) is 9.28. The van der Waals surface area contributed by atoms with Gasteiger partial charge in [0, 0.05) is 24.7 Å². The van der Waals surface area contributed by atoms with Crippen LogP contribution in [0.3, 0.4) is 0 Å². The van der Waals surface area contributed by atoms with Gasteiger partial charge in [-0.25, -0.2) is 13.1 Å². The molecule has 0 bridgehead atoms. The van der Waals surface area contributed by atoms with Crippen LogP contribution in [-0.4, -0.2) is 32.0 Å². The highest BCUT2D eigenvalue weighted by Gasteiger charge is 2.28. The molecule has 1 aliphatic heterocycles. The van der Waals surface area contributed by atoms with Crippen LogP contribution >= 0.6 is 0 Å². The number of nitro groups is 1. The molecule has 0 aliphatic carbocycles. The third-order valence-electron chi connectivity index (χ3n) is 3.96. The number of piperidine rings is 1. The van der Waals surface area contributed by atoms with Gasteiger partial charge in [0.25, 0.3) is 5.69 Å². The van der Waals surface area contributed by atoms with E-state index < -0.39 is 14.9 Å². The first kappa shape index (κ1) is 17.7. The molecule has 1 N–H and O–H groups in total. The SMILES string of the molecule is CC(C)NS(=O)(=O)c1ccc(N2CCCC[C@@H]2C)c([N+](=O)[O-])c1. The minimum absolute atomic E-state index is 0.0775. The predicted molar refractivity (Wildman–Crippen MR) is 89.2 cm³/mol. The zero-order valence-electron chi connectivity index (χ0n) is 13.7. The summed E-state index contributed by atoms with van der Waals surface area (Å²) in [6.45, 7) is 6.19. The van der Waals surface area contributed by atoms with Crippen molar-refractivity contribution in [2.24, 2.45) is 0 Å². The maximum atomic E-state index is 12.2. The third kappa shape index (κ3) is 4.00. The van der Waals surface area contributed by atoms with Crippen molar-refractivity contribution in [3.05, 3.63) is 28.3 Å². The van der Waals surface area contributed by atoms with E-state index in [-0.39, 0.29) is 22.7 Å². The lowest BCUT2D eigenvalue weighted by Gasteiger charge is -2.35. The summed E-state index contributed by atoms with van der Waals surface area (Å²) in [4.78, 5) is 12.8. The zero-order chi connectivity index (χ0) is 17.2. The Hall–Kier alpha value is -1.67. The van der Waals surface area contributed by atoms with Crippen LogP contribution in [0.4, 0.5) is 11.4 Å². The Morgan fingerprint density at radius 1 is 1.35 bits per heavy atom. The van der Waals surface area contributed by atoms with Crippen molar-refractivity contribution in [1.82, 2.24) is 4.72 Å². The number of anilines is 1. The number of nitrogens with one attached hydrogen (secondary N) is 1. The summed E-state index contributed by atoms with van der Waals surface area (Å²) in [6, 6.07) is 4.07. The van der Waals surface area contributed by atoms with E-state index in [0.717, 1.165) is 31.9 Å². The molecule has 0 radical (unpaired) electrons. The molecular weight excluding hydrogens is 318 g/mol. The van der Waals surface area contributed by atoms with Crippen molar-refractivity contribution >= 4 is 21.4 Å². The van der Waals surface area contributed by atoms with Crippen molar-refractivity contribution < 1.29 is 13.3 Å². The Morgan fingerprint density at radius 2 is 2.04 bits per heavy atom. The van der Waals surface area contributed by atoms with Crippen LogP contribution in [0.25, 0.3) is 0 Å². The smallest absolute Gasteiger partial charge is 0.293 e. The molecule has 2 rings (SSSR count). The van der Waals surface area contributed by atoms with Crippen LogP contribution in [0.2, 0.25) is 0 Å². The molecule has 8 heteroatoms. The number of hydrogen-bond acceptors (Lipinski definition) is 5. The second-order valence-electron chi connectivity index (χ2n) is 6.22. The van der Waals surface area contributed by atoms with E-state index in [1.807, 2.05) is 11.8 Å². The normalized spacial score (nSPS) is 19.1. The van der Waals surface area contributed by atoms with E-state index in [9.17, 15) is 18.5 Å². The highest BCUT2D eigenvalue weighted by atomic mass is 32.2. The van der Waals surface area contributed by atoms with Crippen LogP contribution in [0.1, 0.15) is 40.0 Å². The molecule has 0 unspecified atom stereocenters. The van der Waals surface area contributed by atoms with Gasteiger partial charge in [0.05, 0.1) is 9.82 Å². The van der Waals surface area contributed by atoms with E-state index in [0.29, 0.717) is 5.69 Å². The summed E-state index contributed by atoms with van der Waals surface area (Å²) < 4.78 is 26.9. The number of sulfonamides is 1. The number of rotatable bonds is 5. The molecular formula is C15H23N3O4S. The molecule has 1 atom stereocenters. The van der Waals surface area contributed by atoms with E-state index in [1.54, 1.807) is 19.9 Å². The zero-order valence-corrected chi connectivity index (χ0v) is 14.5. The highest BCUT2D eigenvalue weighted by Crippen LogP contribution is 2.34. The molecule has 1 aliphatic rings. The maximum Gasteiger partial charge on any atom is 0.293 e. The Morgan fingerprint density at radius 3 is 2.61 bits per heavy atom. The van der Waals surface area contributed by atoms with Gasteiger partial charge in [-0.2, -0.15) is 0 Å². The van der Waals surface area contributed by atoms with Gasteiger partial charge >= 0.3 is 0 Å². The van der Waals surface area contributed by atoms with Gasteiger partial charge in [0.15, 0.2) is 0 Å². The van der Waals surface area contributed by atoms with Crippen LogP contribution in [0, 0.1) is 10.1 Å². The summed E-state index contributed by atoms with van der Waals surface area (Å²) >= 11 is 0. The molecule has 7 nitrogen and oxygen atoms in total. The molecule has 0 amide bonds. The molecule has 0 saturated carbocycles. The average Bonchev–Trinajstić information content (AvgIpc) is 2.45. The van der Waals surface area contributed by atoms with Crippen LogP contribution in [0.5, 0.6) is 0 Å². The van der Waals surface area contributed by atoms with Crippen molar-refractivity contribution in [1.29, 1.82) is 0 Å². The summed E-state index contributed by atoms with van der Waals surface area (Å²) in [5.74, 6) is 0. The lowest BCUT2D eigenvalue weighted by atomic mass is 10.0. The van der Waals surface area contributed by atoms with Gasteiger partial charge in [0.1, 0.15) is 5.69 Å². The molecule has 128 valence electrons. The van der Waals surface area contributed by atoms with Crippen molar-refractivity contribution in [2.75, 3.05) is 11.4 Å². The monoisotopic (exact) mass is 341 g/mol. The first-order chi connectivity index (χ1) is 10.7. The number of nitrogens with zero attached hydrogens (tertiary/aromatic N) is 2. The van der Waals surface area contributed by atoms with E-state index >= 15 is 0 Å². The van der Waals surface area contributed by atoms with Gasteiger partial charge in [-0.15, -0.1) is 0 Å². The van der Waals surface area contributed by atoms with Crippen LogP contribution < -0.4 is 9.62 Å². The minimum atomic E-state index is -3.75. The molecule has 1 fully saturated rings. The largest absolute Gasteiger partial charge is 0.363 e. The third-order valence-corrected chi connectivity index (χ3v) is 5.61. The Labute approximate surface area is 136 Å². The van der Waals surface area contributed by atoms with Gasteiger partial charge in [-0.3, -0.25) is 10.1 Å². The first-order valence-electron chi connectivity index (χ1n) is 7.80. The maximum absolute atomic E-state index is 12.2. The van der Waals surface area contributed by atoms with Gasteiger partial charge in [-0.05, 0) is 52.2 Å². The number of hydrogen-bond donors (Lipinski definition) is 1. The van der Waals surface area contributed by atoms with Crippen LogP contribution in [0.15, 0.2) is 23.1 Å². The lowest BCUT2D eigenvalue weighted by Crippen LogP contribution is -2.37. The molecule has 1 saturated heterocycles. The van der Waals surface area contributed by atoms with Crippen molar-refractivity contribution in [3.63, 3.8) is 0 Å². The van der Waals surface area contributed by atoms with Crippen LogP contribution in [-0.2, 0) is 10.0 Å². The fourth-order valence-corrected chi connectivity index (χ4v) is 4.16. The molecule has 0 aromatic heterocycles. The molecule has 0 spiro atoms. The fourth-order valence-electron chi connectivity index (χ4n) is 2.89. The second-order valence-corrected chi connectivity index (χ2v) is 7.94. The highest BCUT2D eigenvalue weighted by molar-refractivity contribution is 7.89. The van der Waals surface area contributed by atoms with E-state index in [1.165, 1.54) is 6.07 Å². The quantitative estimate of drug-likeness (QED) is 0.656. The fraction of sp³-hybridized carbons (Fsp3) is 0.600. The van der Waals surface area contributed by atoms with Gasteiger partial charge < -0.3 is 4.90 Å². The average molecular weight is 341 g/mol. The molecule has 1 aromatic carbocycles. The summed E-state index contributed by atoms with van der Waals surface area (Å²) in [5, 5.41) is 11.4. The standard InChI is InChI=1S/C15H23N3O4S/c1-11(2)16-23(21,22)13-7-8-14(15(10-13)18(19)20)17-9-5-4-6-12(17)3/h7-8,10-12,16H,4-6,9H2,1-3H3/t12-/m0/s1. The van der Waals surface area contributed by atoms with Crippen molar-refractivity contribution in [2.45, 2.75) is 57.0 Å². The summed E-state index contributed by atoms with van der Waals surface area (Å²) in [5.41, 5.74) is 0.330. The topological polar surface area (TPSA) is 92.6 Å². The van der Waals surface area contributed by atoms with Crippen molar-refractivity contribution in [3.8, 4) is 0 Å². The Kier molecular flexibility index (Phi) is 5.26. The molecule has 23 heavy (non-hydrogen) atoms. The molecule has 1 heterocycles. The van der Waals surface area contributed by atoms with Gasteiger partial charge in [-0.1, -0.05) is 0 Å². The second kappa shape index (κ2) is 6.84. The summed E-state index contributed by atoms with van der Waals surface area (Å²) in [6.07, 6.45) is 3.07. The Balaban J connectivity index is 2.45. The molecule has 1 aromatic rings. The van der Waals surface area contributed by atoms with Gasteiger partial charge in [0.2, 0.25) is 10.0 Å². The number of nitro benzene ring substituents is 1. The summed E-state index contributed by atoms with van der Waals surface area (Å²) in [7, 11) is -3.75. The number of benzene rings is 1.